The zero-order valence-electron chi connectivity index (χ0n) is 18.5. The highest BCUT2D eigenvalue weighted by Gasteiger charge is 2.48. The molecule has 32 heavy (non-hydrogen) atoms. The number of hydrogen-bond acceptors (Lipinski definition) is 6. The Morgan fingerprint density at radius 1 is 1.22 bits per heavy atom. The minimum Gasteiger partial charge on any atom is -0.376 e. The Bertz CT molecular complexity index is 974. The van der Waals surface area contributed by atoms with Crippen LogP contribution in [0.2, 0.25) is 0 Å². The number of fused-ring (bicyclic) bond motifs is 1. The quantitative estimate of drug-likeness (QED) is 0.477. The van der Waals surface area contributed by atoms with Crippen LogP contribution in [0.5, 0.6) is 5.75 Å². The lowest BCUT2D eigenvalue weighted by atomic mass is 9.84. The van der Waals surface area contributed by atoms with Gasteiger partial charge in [-0.3, -0.25) is 9.59 Å². The number of alkyl halides is 3. The van der Waals surface area contributed by atoms with Crippen LogP contribution in [0.4, 0.5) is 13.2 Å². The summed E-state index contributed by atoms with van der Waals surface area (Å²) in [5, 5.41) is 5.50. The van der Waals surface area contributed by atoms with Gasteiger partial charge in [0, 0.05) is 12.6 Å². The van der Waals surface area contributed by atoms with E-state index in [-0.39, 0.29) is 37.4 Å². The lowest BCUT2D eigenvalue weighted by molar-refractivity contribution is -0.142. The third-order valence-corrected chi connectivity index (χ3v) is 6.07. The molecule has 1 heterocycles. The summed E-state index contributed by atoms with van der Waals surface area (Å²) in [5.74, 6) is -1.04. The van der Waals surface area contributed by atoms with Gasteiger partial charge in [0.2, 0.25) is 11.8 Å². The lowest BCUT2D eigenvalue weighted by Gasteiger charge is -2.40. The number of likely N-dealkylation sites (N-methyl/N-ethyl adjacent to an activating group) is 1. The summed E-state index contributed by atoms with van der Waals surface area (Å²) in [5.41, 5.74) is -4.85. The molecular formula is C20H28F3N3O5S. The maximum absolute atomic E-state index is 13.3. The molecule has 12 heteroatoms. The molecule has 0 aromatic heterocycles. The number of carbonyl (C=O) groups excluding carboxylic acids is 2. The molecule has 0 bridgehead atoms. The zero-order valence-corrected chi connectivity index (χ0v) is 19.4. The molecule has 0 aliphatic carbocycles. The van der Waals surface area contributed by atoms with Gasteiger partial charge in [-0.2, -0.15) is 21.6 Å². The van der Waals surface area contributed by atoms with Gasteiger partial charge in [0.1, 0.15) is 11.8 Å². The molecule has 1 aliphatic heterocycles. The van der Waals surface area contributed by atoms with Crippen LogP contribution >= 0.6 is 0 Å². The summed E-state index contributed by atoms with van der Waals surface area (Å²) < 4.78 is 64.5. The minimum atomic E-state index is -5.77. The van der Waals surface area contributed by atoms with Crippen LogP contribution in [0.25, 0.3) is 0 Å². The van der Waals surface area contributed by atoms with Crippen LogP contribution < -0.4 is 14.8 Å². The van der Waals surface area contributed by atoms with E-state index in [1.54, 1.807) is 18.9 Å². The van der Waals surface area contributed by atoms with E-state index in [9.17, 15) is 31.2 Å². The second-order valence-corrected chi connectivity index (χ2v) is 10.4. The predicted molar refractivity (Wildman–Crippen MR) is 111 cm³/mol. The van der Waals surface area contributed by atoms with E-state index in [4.69, 9.17) is 0 Å². The molecule has 2 amide bonds. The molecule has 2 unspecified atom stereocenters. The molecule has 2 rings (SSSR count). The normalized spacial score (nSPS) is 18.0. The summed E-state index contributed by atoms with van der Waals surface area (Å²) in [6.45, 7) is 7.50. The van der Waals surface area contributed by atoms with Crippen LogP contribution in [0.1, 0.15) is 38.8 Å². The fourth-order valence-corrected chi connectivity index (χ4v) is 3.87. The average molecular weight is 480 g/mol. The fraction of sp³-hybridized carbons (Fsp3) is 0.600. The Morgan fingerprint density at radius 3 is 2.38 bits per heavy atom. The van der Waals surface area contributed by atoms with E-state index >= 15 is 0 Å². The van der Waals surface area contributed by atoms with E-state index in [1.807, 2.05) is 20.8 Å². The van der Waals surface area contributed by atoms with Crippen LogP contribution in [0, 0.1) is 5.41 Å². The maximum Gasteiger partial charge on any atom is 0.534 e. The molecule has 2 atom stereocenters. The van der Waals surface area contributed by atoms with Crippen molar-refractivity contribution in [3.8, 4) is 5.75 Å². The van der Waals surface area contributed by atoms with Gasteiger partial charge in [0.05, 0.1) is 6.54 Å². The molecule has 1 aromatic carbocycles. The summed E-state index contributed by atoms with van der Waals surface area (Å²) in [6.07, 6.45) is 0.283. The molecule has 0 saturated carbocycles. The van der Waals surface area contributed by atoms with Crippen LogP contribution in [0.3, 0.4) is 0 Å². The van der Waals surface area contributed by atoms with Gasteiger partial charge >= 0.3 is 15.6 Å². The number of rotatable bonds is 6. The summed E-state index contributed by atoms with van der Waals surface area (Å²) >= 11 is 0. The molecule has 0 radical (unpaired) electrons. The fourth-order valence-electron chi connectivity index (χ4n) is 3.42. The molecule has 1 aromatic rings. The molecule has 0 saturated heterocycles. The minimum absolute atomic E-state index is 0.0574. The Balaban J connectivity index is 2.26. The number of nitrogens with zero attached hydrogens (tertiary/aromatic N) is 1. The monoisotopic (exact) mass is 479 g/mol. The molecule has 2 N–H and O–H groups in total. The van der Waals surface area contributed by atoms with Crippen molar-refractivity contribution in [1.29, 1.82) is 0 Å². The summed E-state index contributed by atoms with van der Waals surface area (Å²) in [4.78, 5) is 27.0. The van der Waals surface area contributed by atoms with Crippen molar-refractivity contribution < 1.29 is 35.4 Å². The number of carbonyl (C=O) groups is 2. The molecule has 0 spiro atoms. The first-order valence-corrected chi connectivity index (χ1v) is 11.3. The Kier molecular flexibility index (Phi) is 7.50. The highest BCUT2D eigenvalue weighted by molar-refractivity contribution is 7.88. The maximum atomic E-state index is 13.3. The second kappa shape index (κ2) is 9.26. The third kappa shape index (κ3) is 5.91. The van der Waals surface area contributed by atoms with Crippen molar-refractivity contribution >= 4 is 21.9 Å². The highest BCUT2D eigenvalue weighted by Crippen LogP contribution is 2.32. The van der Waals surface area contributed by atoms with E-state index in [0.717, 1.165) is 6.07 Å². The van der Waals surface area contributed by atoms with E-state index in [0.29, 0.717) is 11.1 Å². The zero-order chi connectivity index (χ0) is 24.5. The molecule has 0 fully saturated rings. The number of amides is 2. The van der Waals surface area contributed by atoms with Crippen LogP contribution in [-0.4, -0.2) is 56.3 Å². The standard InChI is InChI=1S/C20H28F3N3O5S/c1-12-8-14-9-15(31-32(29,30)20(21,22)23)7-6-13(14)11-26(12)18(28)17(19(2,3)4)25-16(27)10-24-5/h6-7,9,12,17,24H,8,10-11H2,1-5H3,(H,25,27). The number of benzene rings is 1. The second-order valence-electron chi connectivity index (χ2n) is 8.83. The van der Waals surface area contributed by atoms with Gasteiger partial charge in [-0.05, 0) is 49.1 Å². The van der Waals surface area contributed by atoms with Gasteiger partial charge in [-0.25, -0.2) is 0 Å². The van der Waals surface area contributed by atoms with Crippen molar-refractivity contribution in [1.82, 2.24) is 15.5 Å². The van der Waals surface area contributed by atoms with Crippen LogP contribution in [-0.2, 0) is 32.7 Å². The molecular weight excluding hydrogens is 451 g/mol. The molecule has 1 aliphatic rings. The van der Waals surface area contributed by atoms with Crippen molar-refractivity contribution in [3.05, 3.63) is 29.3 Å². The van der Waals surface area contributed by atoms with Gasteiger partial charge in [-0.15, -0.1) is 0 Å². The highest BCUT2D eigenvalue weighted by atomic mass is 32.2. The van der Waals surface area contributed by atoms with Crippen molar-refractivity contribution in [2.75, 3.05) is 13.6 Å². The first-order chi connectivity index (χ1) is 14.6. The third-order valence-electron chi connectivity index (χ3n) is 5.09. The SMILES string of the molecule is CNCC(=O)NC(C(=O)N1Cc2ccc(OS(=O)(=O)C(F)(F)F)cc2CC1C)C(C)(C)C. The van der Waals surface area contributed by atoms with Crippen molar-refractivity contribution in [3.63, 3.8) is 0 Å². The van der Waals surface area contributed by atoms with E-state index in [1.165, 1.54) is 12.1 Å². The molecule has 180 valence electrons. The smallest absolute Gasteiger partial charge is 0.376 e. The molecule has 8 nitrogen and oxygen atoms in total. The van der Waals surface area contributed by atoms with Crippen molar-refractivity contribution in [2.45, 2.75) is 58.3 Å². The first kappa shape index (κ1) is 25.9. The van der Waals surface area contributed by atoms with Gasteiger partial charge < -0.3 is 19.7 Å². The number of nitrogens with one attached hydrogen (secondary N) is 2. The lowest BCUT2D eigenvalue weighted by Crippen LogP contribution is -2.58. The number of halogens is 3. The number of hydrogen-bond donors (Lipinski definition) is 2. The topological polar surface area (TPSA) is 105 Å². The summed E-state index contributed by atoms with van der Waals surface area (Å²) in [6, 6.07) is 2.68. The Labute approximate surface area is 185 Å². The largest absolute Gasteiger partial charge is 0.534 e. The first-order valence-electron chi connectivity index (χ1n) is 9.94. The predicted octanol–water partition coefficient (Wildman–Crippen LogP) is 1.94. The Morgan fingerprint density at radius 2 is 1.84 bits per heavy atom. The van der Waals surface area contributed by atoms with E-state index < -0.39 is 32.8 Å². The van der Waals surface area contributed by atoms with Gasteiger partial charge in [-0.1, -0.05) is 26.8 Å². The summed E-state index contributed by atoms with van der Waals surface area (Å²) in [7, 11) is -4.15. The van der Waals surface area contributed by atoms with E-state index in [2.05, 4.69) is 14.8 Å². The van der Waals surface area contributed by atoms with Gasteiger partial charge in [0.15, 0.2) is 0 Å². The van der Waals surface area contributed by atoms with Crippen molar-refractivity contribution in [2.24, 2.45) is 5.41 Å². The van der Waals surface area contributed by atoms with Gasteiger partial charge in [0.25, 0.3) is 0 Å². The Hall–Kier alpha value is -2.34. The average Bonchev–Trinajstić information content (AvgIpc) is 2.63. The van der Waals surface area contributed by atoms with Crippen LogP contribution in [0.15, 0.2) is 18.2 Å².